The van der Waals surface area contributed by atoms with Gasteiger partial charge in [0, 0.05) is 38.0 Å². The predicted octanol–water partition coefficient (Wildman–Crippen LogP) is 2.07. The van der Waals surface area contributed by atoms with Crippen LogP contribution in [0, 0.1) is 6.92 Å². The zero-order chi connectivity index (χ0) is 21.0. The van der Waals surface area contributed by atoms with Gasteiger partial charge in [-0.25, -0.2) is 0 Å². The van der Waals surface area contributed by atoms with Crippen LogP contribution in [0.1, 0.15) is 35.6 Å². The molecular weight excluding hydrogens is 372 g/mol. The van der Waals surface area contributed by atoms with Crippen LogP contribution < -0.4 is 10.6 Å². The Morgan fingerprint density at radius 3 is 2.41 bits per heavy atom. The molecule has 3 aromatic rings. The Bertz CT molecular complexity index is 1060. The van der Waals surface area contributed by atoms with Crippen molar-refractivity contribution in [2.24, 2.45) is 7.05 Å². The van der Waals surface area contributed by atoms with E-state index in [4.69, 9.17) is 0 Å². The molecule has 2 N–H and O–H groups in total. The van der Waals surface area contributed by atoms with Crippen LogP contribution in [0.4, 0.5) is 11.4 Å². The van der Waals surface area contributed by atoms with Gasteiger partial charge in [-0.15, -0.1) is 0 Å². The van der Waals surface area contributed by atoms with Crippen molar-refractivity contribution in [3.05, 3.63) is 47.8 Å². The number of nitrogens with zero attached hydrogens (tertiary/aromatic N) is 6. The number of hydrogen-bond acceptors (Lipinski definition) is 5. The fraction of sp³-hybridized carbons (Fsp3) is 0.316. The number of carbonyl (C=O) groups is 2. The van der Waals surface area contributed by atoms with E-state index in [0.29, 0.717) is 17.9 Å². The summed E-state index contributed by atoms with van der Waals surface area (Å²) in [6.45, 7) is 6.95. The number of aryl methyl sites for hydroxylation is 3. The quantitative estimate of drug-likeness (QED) is 0.594. The largest absolute Gasteiger partial charge is 0.319 e. The third-order valence-corrected chi connectivity index (χ3v) is 4.50. The van der Waals surface area contributed by atoms with Crippen molar-refractivity contribution in [1.82, 2.24) is 29.3 Å². The number of rotatable bonds is 7. The van der Waals surface area contributed by atoms with Gasteiger partial charge in [-0.1, -0.05) is 0 Å². The summed E-state index contributed by atoms with van der Waals surface area (Å²) in [7, 11) is 1.80. The summed E-state index contributed by atoms with van der Waals surface area (Å²) in [6.07, 6.45) is 9.63. The highest BCUT2D eigenvalue weighted by Crippen LogP contribution is 2.19. The summed E-state index contributed by atoms with van der Waals surface area (Å²) in [5.41, 5.74) is 2.85. The lowest BCUT2D eigenvalue weighted by atomic mass is 10.3. The minimum Gasteiger partial charge on any atom is -0.319 e. The number of amides is 2. The Morgan fingerprint density at radius 2 is 1.79 bits per heavy atom. The maximum atomic E-state index is 12.8. The fourth-order valence-corrected chi connectivity index (χ4v) is 2.74. The maximum absolute atomic E-state index is 12.8. The van der Waals surface area contributed by atoms with Crippen LogP contribution in [0.5, 0.6) is 0 Å². The first-order valence-electron chi connectivity index (χ1n) is 9.30. The molecule has 0 saturated heterocycles. The van der Waals surface area contributed by atoms with Crippen LogP contribution in [0.3, 0.4) is 0 Å². The zero-order valence-corrected chi connectivity index (χ0v) is 16.9. The van der Waals surface area contributed by atoms with Gasteiger partial charge in [0.05, 0.1) is 35.7 Å². The number of carbonyl (C=O) groups excluding carboxylic acids is 2. The molecule has 0 bridgehead atoms. The van der Waals surface area contributed by atoms with E-state index < -0.39 is 0 Å². The summed E-state index contributed by atoms with van der Waals surface area (Å²) in [4.78, 5) is 25.2. The van der Waals surface area contributed by atoms with Gasteiger partial charge in [0.1, 0.15) is 5.69 Å². The van der Waals surface area contributed by atoms with Gasteiger partial charge >= 0.3 is 0 Å². The first-order valence-corrected chi connectivity index (χ1v) is 9.30. The molecule has 3 rings (SSSR count). The highest BCUT2D eigenvalue weighted by Gasteiger charge is 2.20. The molecule has 152 valence electrons. The van der Waals surface area contributed by atoms with E-state index >= 15 is 0 Å². The van der Waals surface area contributed by atoms with Gasteiger partial charge in [0.2, 0.25) is 5.91 Å². The Balaban J connectivity index is 1.76. The molecule has 0 radical (unpaired) electrons. The van der Waals surface area contributed by atoms with Crippen molar-refractivity contribution < 1.29 is 9.59 Å². The molecule has 0 saturated carbocycles. The van der Waals surface area contributed by atoms with Gasteiger partial charge in [-0.3, -0.25) is 23.6 Å². The highest BCUT2D eigenvalue weighted by molar-refractivity contribution is 6.10. The predicted molar refractivity (Wildman–Crippen MR) is 109 cm³/mol. The van der Waals surface area contributed by atoms with Crippen LogP contribution in [0.15, 0.2) is 30.9 Å². The Morgan fingerprint density at radius 1 is 1.03 bits per heavy atom. The minimum atomic E-state index is -0.371. The van der Waals surface area contributed by atoms with E-state index in [9.17, 15) is 9.59 Å². The topological polar surface area (TPSA) is 112 Å². The maximum Gasteiger partial charge on any atom is 0.276 e. The van der Waals surface area contributed by atoms with Crippen molar-refractivity contribution in [1.29, 1.82) is 0 Å². The molecule has 0 aliphatic carbocycles. The second-order valence-electron chi connectivity index (χ2n) is 6.40. The van der Waals surface area contributed by atoms with E-state index in [1.54, 1.807) is 34.9 Å². The average molecular weight is 396 g/mol. The molecule has 3 heterocycles. The van der Waals surface area contributed by atoms with E-state index in [1.165, 1.54) is 17.0 Å². The van der Waals surface area contributed by atoms with Crippen molar-refractivity contribution in [3.63, 3.8) is 0 Å². The van der Waals surface area contributed by atoms with E-state index in [-0.39, 0.29) is 17.5 Å². The molecule has 29 heavy (non-hydrogen) atoms. The fourth-order valence-electron chi connectivity index (χ4n) is 2.74. The summed E-state index contributed by atoms with van der Waals surface area (Å²) in [5, 5.41) is 18.0. The minimum absolute atomic E-state index is 0.274. The van der Waals surface area contributed by atoms with Gasteiger partial charge in [-0.05, 0) is 26.8 Å². The number of nitrogens with one attached hydrogen (secondary N) is 2. The van der Waals surface area contributed by atoms with E-state index in [1.807, 2.05) is 27.0 Å². The van der Waals surface area contributed by atoms with E-state index in [0.717, 1.165) is 17.8 Å². The van der Waals surface area contributed by atoms with Gasteiger partial charge < -0.3 is 10.6 Å². The molecule has 0 fully saturated rings. The normalized spacial score (nSPS) is 11.2. The summed E-state index contributed by atoms with van der Waals surface area (Å²) < 4.78 is 4.97. The Hall–Kier alpha value is -3.69. The second-order valence-corrected chi connectivity index (χ2v) is 6.40. The Labute approximate surface area is 168 Å². The first kappa shape index (κ1) is 20.1. The van der Waals surface area contributed by atoms with E-state index in [2.05, 4.69) is 25.9 Å². The van der Waals surface area contributed by atoms with Gasteiger partial charge in [0.15, 0.2) is 0 Å². The first-order chi connectivity index (χ1) is 13.9. The molecule has 0 aliphatic heterocycles. The Kier molecular flexibility index (Phi) is 5.91. The zero-order valence-electron chi connectivity index (χ0n) is 16.9. The van der Waals surface area contributed by atoms with Gasteiger partial charge in [-0.2, -0.15) is 15.3 Å². The lowest BCUT2D eigenvalue weighted by Gasteiger charge is -2.09. The van der Waals surface area contributed by atoms with Crippen molar-refractivity contribution in [3.8, 4) is 0 Å². The van der Waals surface area contributed by atoms with Crippen molar-refractivity contribution in [2.45, 2.75) is 33.9 Å². The van der Waals surface area contributed by atoms with Crippen molar-refractivity contribution in [2.75, 3.05) is 10.6 Å². The number of anilines is 2. The van der Waals surface area contributed by atoms with Crippen LogP contribution >= 0.6 is 0 Å². The summed E-state index contributed by atoms with van der Waals surface area (Å²) in [6, 6.07) is 0. The SMILES string of the molecule is CCn1cc(/C=C/C(=O)Nc2cnn(CC)c2C(=O)Nc2cnn(C)c2C)cn1. The molecular formula is C19H24N8O2. The molecule has 2 amide bonds. The van der Waals surface area contributed by atoms with Crippen molar-refractivity contribution >= 4 is 29.3 Å². The van der Waals surface area contributed by atoms with Crippen LogP contribution in [-0.4, -0.2) is 41.2 Å². The highest BCUT2D eigenvalue weighted by atomic mass is 16.2. The smallest absolute Gasteiger partial charge is 0.276 e. The number of hydrogen-bond donors (Lipinski definition) is 2. The average Bonchev–Trinajstić information content (AvgIpc) is 3.41. The van der Waals surface area contributed by atoms with Crippen LogP contribution in [0.25, 0.3) is 6.08 Å². The summed E-state index contributed by atoms with van der Waals surface area (Å²) >= 11 is 0. The monoisotopic (exact) mass is 396 g/mol. The van der Waals surface area contributed by atoms with Crippen LogP contribution in [0.2, 0.25) is 0 Å². The molecule has 3 aromatic heterocycles. The molecule has 0 atom stereocenters. The molecule has 0 aromatic carbocycles. The molecule has 0 spiro atoms. The number of aromatic nitrogens is 6. The molecule has 0 aliphatic rings. The molecule has 10 heteroatoms. The van der Waals surface area contributed by atoms with Gasteiger partial charge in [0.25, 0.3) is 5.91 Å². The molecule has 10 nitrogen and oxygen atoms in total. The van der Waals surface area contributed by atoms with Crippen LogP contribution in [-0.2, 0) is 24.9 Å². The molecule has 0 unspecified atom stereocenters. The third-order valence-electron chi connectivity index (χ3n) is 4.50. The standard InChI is InChI=1S/C19H24N8O2/c1-5-26-12-14(9-21-26)7-8-17(28)23-16-11-22-27(6-2)18(16)19(29)24-15-10-20-25(4)13(15)3/h7-12H,5-6H2,1-4H3,(H,23,28)(H,24,29)/b8-7+. The lowest BCUT2D eigenvalue weighted by Crippen LogP contribution is -2.20. The second kappa shape index (κ2) is 8.55. The lowest BCUT2D eigenvalue weighted by molar-refractivity contribution is -0.111. The third kappa shape index (κ3) is 4.42. The summed E-state index contributed by atoms with van der Waals surface area (Å²) in [5.74, 6) is -0.736.